The van der Waals surface area contributed by atoms with Gasteiger partial charge in [0.15, 0.2) is 0 Å². The van der Waals surface area contributed by atoms with Crippen LogP contribution >= 0.6 is 11.8 Å². The Kier molecular flexibility index (Phi) is 4.90. The van der Waals surface area contributed by atoms with E-state index in [0.717, 1.165) is 12.1 Å². The van der Waals surface area contributed by atoms with Crippen LogP contribution in [0.15, 0.2) is 23.1 Å². The van der Waals surface area contributed by atoms with Gasteiger partial charge >= 0.3 is 5.97 Å². The van der Waals surface area contributed by atoms with E-state index in [1.165, 1.54) is 29.1 Å². The van der Waals surface area contributed by atoms with E-state index < -0.39 is 27.9 Å². The first-order valence-electron chi connectivity index (χ1n) is 6.40. The highest BCUT2D eigenvalue weighted by Gasteiger charge is 2.35. The highest BCUT2D eigenvalue weighted by atomic mass is 32.2. The topological polar surface area (TPSA) is 74.7 Å². The Hall–Kier alpha value is -1.12. The van der Waals surface area contributed by atoms with Crippen molar-refractivity contribution in [3.05, 3.63) is 29.6 Å². The van der Waals surface area contributed by atoms with Crippen LogP contribution in [0.1, 0.15) is 12.0 Å². The number of sulfonamides is 1. The molecule has 1 aromatic carbocycles. The third-order valence-electron chi connectivity index (χ3n) is 3.31. The summed E-state index contributed by atoms with van der Waals surface area (Å²) >= 11 is 1.54. The lowest BCUT2D eigenvalue weighted by Crippen LogP contribution is -2.47. The van der Waals surface area contributed by atoms with Crippen LogP contribution in [-0.2, 0) is 14.8 Å². The van der Waals surface area contributed by atoms with Crippen LogP contribution in [0.4, 0.5) is 4.39 Å². The van der Waals surface area contributed by atoms with Crippen LogP contribution in [0.5, 0.6) is 0 Å². The third kappa shape index (κ3) is 3.56. The number of carboxylic acids is 1. The number of rotatable bonds is 4. The van der Waals surface area contributed by atoms with Gasteiger partial charge in [-0.3, -0.25) is 4.79 Å². The fourth-order valence-corrected chi connectivity index (χ4v) is 5.45. The quantitative estimate of drug-likeness (QED) is 0.908. The smallest absolute Gasteiger partial charge is 0.305 e. The Morgan fingerprint density at radius 3 is 2.86 bits per heavy atom. The maximum Gasteiger partial charge on any atom is 0.305 e. The zero-order valence-corrected chi connectivity index (χ0v) is 13.1. The summed E-state index contributed by atoms with van der Waals surface area (Å²) in [5, 5.41) is 8.93. The molecule has 1 aliphatic rings. The Bertz CT molecular complexity index is 648. The third-order valence-corrected chi connectivity index (χ3v) is 6.51. The summed E-state index contributed by atoms with van der Waals surface area (Å²) < 4.78 is 39.8. The molecule has 0 radical (unpaired) electrons. The summed E-state index contributed by atoms with van der Waals surface area (Å²) in [7, 11) is -3.81. The van der Waals surface area contributed by atoms with Crippen molar-refractivity contribution < 1.29 is 22.7 Å². The highest BCUT2D eigenvalue weighted by molar-refractivity contribution is 7.99. The first-order chi connectivity index (χ1) is 9.82. The Morgan fingerprint density at radius 1 is 1.52 bits per heavy atom. The Morgan fingerprint density at radius 2 is 2.24 bits per heavy atom. The lowest BCUT2D eigenvalue weighted by molar-refractivity contribution is -0.137. The lowest BCUT2D eigenvalue weighted by Gasteiger charge is -2.33. The number of carboxylic acid groups (broad SMARTS) is 1. The molecule has 1 heterocycles. The molecule has 2 rings (SSSR count). The number of halogens is 1. The summed E-state index contributed by atoms with van der Waals surface area (Å²) in [6.45, 7) is 1.79. The van der Waals surface area contributed by atoms with Crippen LogP contribution in [0, 0.1) is 12.7 Å². The molecule has 1 aliphatic heterocycles. The molecule has 1 atom stereocenters. The molecule has 1 aromatic rings. The standard InChI is InChI=1S/C13H16FNO4S2/c1-9-6-10(14)2-3-12(9)21(18,19)15-4-5-20-8-11(15)7-13(16)17/h2-3,6,11H,4-5,7-8H2,1H3,(H,16,17). The zero-order valence-electron chi connectivity index (χ0n) is 11.5. The minimum absolute atomic E-state index is 0.0335. The van der Waals surface area contributed by atoms with Crippen molar-refractivity contribution in [2.45, 2.75) is 24.3 Å². The summed E-state index contributed by atoms with van der Waals surface area (Å²) in [6.07, 6.45) is -0.230. The summed E-state index contributed by atoms with van der Waals surface area (Å²) in [5.41, 5.74) is 0.322. The SMILES string of the molecule is Cc1cc(F)ccc1S(=O)(=O)N1CCSCC1CC(=O)O. The Balaban J connectivity index is 2.38. The minimum atomic E-state index is -3.81. The van der Waals surface area contributed by atoms with Crippen LogP contribution < -0.4 is 0 Å². The number of carbonyl (C=O) groups is 1. The fourth-order valence-electron chi connectivity index (χ4n) is 2.35. The molecule has 0 amide bonds. The van der Waals surface area contributed by atoms with Gasteiger partial charge in [0, 0.05) is 24.1 Å². The molecule has 1 unspecified atom stereocenters. The molecule has 0 saturated carbocycles. The molecular formula is C13H16FNO4S2. The van der Waals surface area contributed by atoms with Gasteiger partial charge in [-0.25, -0.2) is 12.8 Å². The summed E-state index contributed by atoms with van der Waals surface area (Å²) in [5.74, 6) is -0.456. The normalized spacial score (nSPS) is 20.4. The lowest BCUT2D eigenvalue weighted by atomic mass is 10.2. The van der Waals surface area contributed by atoms with Crippen LogP contribution in [0.2, 0.25) is 0 Å². The predicted molar refractivity (Wildman–Crippen MR) is 78.4 cm³/mol. The monoisotopic (exact) mass is 333 g/mol. The van der Waals surface area contributed by atoms with Crippen LogP contribution in [-0.4, -0.2) is 47.9 Å². The molecule has 5 nitrogen and oxygen atoms in total. The van der Waals surface area contributed by atoms with Crippen molar-refractivity contribution in [3.8, 4) is 0 Å². The maximum absolute atomic E-state index is 13.1. The molecule has 0 aromatic heterocycles. The molecular weight excluding hydrogens is 317 g/mol. The number of aliphatic carboxylic acids is 1. The van der Waals surface area contributed by atoms with Gasteiger partial charge < -0.3 is 5.11 Å². The molecule has 1 fully saturated rings. The number of hydrogen-bond acceptors (Lipinski definition) is 4. The maximum atomic E-state index is 13.1. The Labute approximate surface area is 127 Å². The minimum Gasteiger partial charge on any atom is -0.481 e. The van der Waals surface area contributed by atoms with Crippen molar-refractivity contribution in [3.63, 3.8) is 0 Å². The van der Waals surface area contributed by atoms with Gasteiger partial charge in [0.2, 0.25) is 10.0 Å². The highest BCUT2D eigenvalue weighted by Crippen LogP contribution is 2.28. The van der Waals surface area contributed by atoms with Crippen molar-refractivity contribution in [2.24, 2.45) is 0 Å². The van der Waals surface area contributed by atoms with E-state index in [1.54, 1.807) is 0 Å². The van der Waals surface area contributed by atoms with E-state index in [0.29, 0.717) is 17.1 Å². The molecule has 8 heteroatoms. The average Bonchev–Trinajstić information content (AvgIpc) is 2.37. The molecule has 116 valence electrons. The van der Waals surface area contributed by atoms with Crippen molar-refractivity contribution in [2.75, 3.05) is 18.1 Å². The fraction of sp³-hybridized carbons (Fsp3) is 0.462. The molecule has 21 heavy (non-hydrogen) atoms. The number of nitrogens with zero attached hydrogens (tertiary/aromatic N) is 1. The van der Waals surface area contributed by atoms with Gasteiger partial charge in [-0.15, -0.1) is 0 Å². The molecule has 0 aliphatic carbocycles. The second-order valence-corrected chi connectivity index (χ2v) is 7.86. The van der Waals surface area contributed by atoms with Gasteiger partial charge in [-0.05, 0) is 30.7 Å². The second kappa shape index (κ2) is 6.33. The van der Waals surface area contributed by atoms with Gasteiger partial charge in [-0.1, -0.05) is 0 Å². The zero-order chi connectivity index (χ0) is 15.6. The van der Waals surface area contributed by atoms with Crippen molar-refractivity contribution in [1.82, 2.24) is 4.31 Å². The van der Waals surface area contributed by atoms with E-state index in [4.69, 9.17) is 5.11 Å². The molecule has 0 bridgehead atoms. The van der Waals surface area contributed by atoms with E-state index >= 15 is 0 Å². The summed E-state index contributed by atoms with van der Waals surface area (Å²) in [6, 6.07) is 2.93. The second-order valence-electron chi connectivity index (χ2n) is 4.85. The molecule has 1 N–H and O–H groups in total. The summed E-state index contributed by atoms with van der Waals surface area (Å²) in [4.78, 5) is 10.9. The largest absolute Gasteiger partial charge is 0.481 e. The number of benzene rings is 1. The average molecular weight is 333 g/mol. The van der Waals surface area contributed by atoms with E-state index in [1.807, 2.05) is 0 Å². The van der Waals surface area contributed by atoms with E-state index in [2.05, 4.69) is 0 Å². The molecule has 0 spiro atoms. The number of thioether (sulfide) groups is 1. The first-order valence-corrected chi connectivity index (χ1v) is 8.99. The molecule has 1 saturated heterocycles. The van der Waals surface area contributed by atoms with Crippen molar-refractivity contribution >= 4 is 27.8 Å². The first kappa shape index (κ1) is 16.3. The van der Waals surface area contributed by atoms with Gasteiger partial charge in [0.05, 0.1) is 11.3 Å². The number of aryl methyl sites for hydroxylation is 1. The van der Waals surface area contributed by atoms with E-state index in [-0.39, 0.29) is 17.9 Å². The van der Waals surface area contributed by atoms with E-state index in [9.17, 15) is 17.6 Å². The number of hydrogen-bond donors (Lipinski definition) is 1. The van der Waals surface area contributed by atoms with Gasteiger partial charge in [0.1, 0.15) is 5.82 Å². The van der Waals surface area contributed by atoms with Crippen LogP contribution in [0.3, 0.4) is 0 Å². The van der Waals surface area contributed by atoms with Crippen LogP contribution in [0.25, 0.3) is 0 Å². The predicted octanol–water partition coefficient (Wildman–Crippen LogP) is 1.71. The van der Waals surface area contributed by atoms with Gasteiger partial charge in [-0.2, -0.15) is 16.1 Å². The van der Waals surface area contributed by atoms with Crippen molar-refractivity contribution in [1.29, 1.82) is 0 Å². The van der Waals surface area contributed by atoms with Gasteiger partial charge in [0.25, 0.3) is 0 Å².